The summed E-state index contributed by atoms with van der Waals surface area (Å²) in [4.78, 5) is 24.6. The highest BCUT2D eigenvalue weighted by molar-refractivity contribution is 5.85. The largest absolute Gasteiger partial charge is 0.465 e. The van der Waals surface area contributed by atoms with Crippen molar-refractivity contribution in [2.75, 3.05) is 6.61 Å². The van der Waals surface area contributed by atoms with Crippen LogP contribution in [0.1, 0.15) is 94.8 Å². The third-order valence-corrected chi connectivity index (χ3v) is 6.21. The maximum Gasteiger partial charge on any atom is 0.327 e. The molecule has 0 aromatic heterocycles. The highest BCUT2D eigenvalue weighted by Crippen LogP contribution is 2.22. The Morgan fingerprint density at radius 1 is 0.750 bits per heavy atom. The SMILES string of the molecule is CCOC(=O)C(N)C(OC(=O)CCCCCCCCCCCCc1ccccc1)c1ccccc1.Cl. The minimum absolute atomic E-state index is 0. The van der Waals surface area contributed by atoms with E-state index in [0.29, 0.717) is 12.0 Å². The standard InChI is InChI=1S/C30H43NO4.ClH/c1-2-34-30(33)28(31)29(26-22-16-12-17-23-26)35-27(32)24-18-10-8-6-4-3-5-7-9-13-19-25-20-14-11-15-21-25;/h11-12,14-17,20-23,28-29H,2-10,13,18-19,24,31H2,1H3;1H. The highest BCUT2D eigenvalue weighted by Gasteiger charge is 2.30. The van der Waals surface area contributed by atoms with E-state index in [9.17, 15) is 9.59 Å². The van der Waals surface area contributed by atoms with Gasteiger partial charge in [-0.1, -0.05) is 112 Å². The van der Waals surface area contributed by atoms with Crippen LogP contribution in [-0.2, 0) is 25.5 Å². The molecule has 36 heavy (non-hydrogen) atoms. The third-order valence-electron chi connectivity index (χ3n) is 6.21. The molecule has 0 bridgehead atoms. The molecule has 0 saturated carbocycles. The summed E-state index contributed by atoms with van der Waals surface area (Å²) in [5, 5.41) is 0. The molecule has 2 unspecified atom stereocenters. The van der Waals surface area contributed by atoms with Crippen LogP contribution in [0.4, 0.5) is 0 Å². The van der Waals surface area contributed by atoms with Crippen molar-refractivity contribution < 1.29 is 19.1 Å². The van der Waals surface area contributed by atoms with E-state index in [1.54, 1.807) is 19.1 Å². The first-order chi connectivity index (χ1) is 17.1. The molecule has 200 valence electrons. The van der Waals surface area contributed by atoms with Crippen LogP contribution in [-0.4, -0.2) is 24.6 Å². The van der Waals surface area contributed by atoms with Crippen molar-refractivity contribution in [1.82, 2.24) is 0 Å². The van der Waals surface area contributed by atoms with Gasteiger partial charge in [-0.2, -0.15) is 0 Å². The van der Waals surface area contributed by atoms with Gasteiger partial charge in [-0.15, -0.1) is 12.4 Å². The zero-order valence-electron chi connectivity index (χ0n) is 21.7. The molecule has 0 aliphatic carbocycles. The van der Waals surface area contributed by atoms with Crippen LogP contribution >= 0.6 is 12.4 Å². The summed E-state index contributed by atoms with van der Waals surface area (Å²) in [5.74, 6) is -0.889. The second-order valence-corrected chi connectivity index (χ2v) is 9.12. The van der Waals surface area contributed by atoms with Gasteiger partial charge in [0.05, 0.1) is 6.61 Å². The maximum absolute atomic E-state index is 12.4. The zero-order chi connectivity index (χ0) is 25.1. The fraction of sp³-hybridized carbons (Fsp3) is 0.533. The molecular formula is C30H44ClNO4. The molecule has 0 aliphatic rings. The third kappa shape index (κ3) is 13.1. The summed E-state index contributed by atoms with van der Waals surface area (Å²) in [6.45, 7) is 1.96. The molecule has 0 heterocycles. The summed E-state index contributed by atoms with van der Waals surface area (Å²) >= 11 is 0. The van der Waals surface area contributed by atoms with Gasteiger partial charge in [-0.3, -0.25) is 9.59 Å². The molecule has 2 rings (SSSR count). The van der Waals surface area contributed by atoms with Gasteiger partial charge in [0.2, 0.25) is 0 Å². The number of hydrogen-bond acceptors (Lipinski definition) is 5. The minimum atomic E-state index is -1.04. The van der Waals surface area contributed by atoms with E-state index in [1.165, 1.54) is 56.9 Å². The molecule has 2 atom stereocenters. The first kappa shape index (κ1) is 31.7. The number of carbonyl (C=O) groups excluding carboxylic acids is 2. The Hall–Kier alpha value is -2.37. The number of rotatable bonds is 18. The molecule has 6 heteroatoms. The molecular weight excluding hydrogens is 474 g/mol. The summed E-state index contributed by atoms with van der Waals surface area (Å²) in [6.07, 6.45) is 12.6. The number of nitrogens with two attached hydrogens (primary N) is 1. The van der Waals surface area contributed by atoms with Crippen molar-refractivity contribution in [2.45, 2.75) is 96.1 Å². The fourth-order valence-electron chi connectivity index (χ4n) is 4.21. The van der Waals surface area contributed by atoms with Crippen LogP contribution in [0.2, 0.25) is 0 Å². The van der Waals surface area contributed by atoms with Crippen LogP contribution in [0, 0.1) is 0 Å². The molecule has 5 nitrogen and oxygen atoms in total. The summed E-state index contributed by atoms with van der Waals surface area (Å²) in [6, 6.07) is 18.8. The van der Waals surface area contributed by atoms with E-state index in [4.69, 9.17) is 15.2 Å². The van der Waals surface area contributed by atoms with Crippen molar-refractivity contribution in [3.63, 3.8) is 0 Å². The van der Waals surface area contributed by atoms with Crippen LogP contribution in [0.15, 0.2) is 60.7 Å². The van der Waals surface area contributed by atoms with Crippen molar-refractivity contribution in [3.8, 4) is 0 Å². The highest BCUT2D eigenvalue weighted by atomic mass is 35.5. The van der Waals surface area contributed by atoms with E-state index in [-0.39, 0.29) is 25.0 Å². The van der Waals surface area contributed by atoms with Gasteiger partial charge in [0.1, 0.15) is 6.04 Å². The number of aryl methyl sites for hydroxylation is 1. The zero-order valence-corrected chi connectivity index (χ0v) is 22.6. The van der Waals surface area contributed by atoms with Crippen LogP contribution in [0.5, 0.6) is 0 Å². The van der Waals surface area contributed by atoms with Crippen LogP contribution in [0.25, 0.3) is 0 Å². The number of benzene rings is 2. The Balaban J connectivity index is 0.00000648. The summed E-state index contributed by atoms with van der Waals surface area (Å²) in [7, 11) is 0. The Bertz CT molecular complexity index is 831. The number of hydrogen-bond donors (Lipinski definition) is 1. The van der Waals surface area contributed by atoms with Crippen molar-refractivity contribution in [2.24, 2.45) is 5.73 Å². The van der Waals surface area contributed by atoms with Gasteiger partial charge >= 0.3 is 11.9 Å². The minimum Gasteiger partial charge on any atom is -0.465 e. The monoisotopic (exact) mass is 517 g/mol. The molecule has 0 radical (unpaired) electrons. The lowest BCUT2D eigenvalue weighted by Crippen LogP contribution is -2.40. The topological polar surface area (TPSA) is 78.6 Å². The summed E-state index contributed by atoms with van der Waals surface area (Å²) < 4.78 is 10.6. The lowest BCUT2D eigenvalue weighted by Gasteiger charge is -2.23. The van der Waals surface area contributed by atoms with Gasteiger partial charge < -0.3 is 15.2 Å². The predicted molar refractivity (Wildman–Crippen MR) is 148 cm³/mol. The van der Waals surface area contributed by atoms with Gasteiger partial charge in [-0.05, 0) is 37.3 Å². The van der Waals surface area contributed by atoms with Crippen LogP contribution < -0.4 is 5.73 Å². The Labute approximate surface area is 223 Å². The van der Waals surface area contributed by atoms with Crippen molar-refractivity contribution in [1.29, 1.82) is 0 Å². The summed E-state index contributed by atoms with van der Waals surface area (Å²) in [5.41, 5.74) is 8.20. The van der Waals surface area contributed by atoms with Crippen molar-refractivity contribution in [3.05, 3.63) is 71.8 Å². The lowest BCUT2D eigenvalue weighted by atomic mass is 10.0. The van der Waals surface area contributed by atoms with Gasteiger partial charge in [0.15, 0.2) is 6.10 Å². The van der Waals surface area contributed by atoms with E-state index in [0.717, 1.165) is 19.3 Å². The molecule has 2 aromatic rings. The molecule has 0 fully saturated rings. The van der Waals surface area contributed by atoms with Crippen LogP contribution in [0.3, 0.4) is 0 Å². The van der Waals surface area contributed by atoms with E-state index in [2.05, 4.69) is 30.3 Å². The molecule has 2 aromatic carbocycles. The van der Waals surface area contributed by atoms with Gasteiger partial charge in [0.25, 0.3) is 0 Å². The normalized spacial score (nSPS) is 12.3. The number of esters is 2. The first-order valence-electron chi connectivity index (χ1n) is 13.3. The number of ether oxygens (including phenoxy) is 2. The average molecular weight is 518 g/mol. The molecule has 0 aliphatic heterocycles. The Morgan fingerprint density at radius 3 is 1.81 bits per heavy atom. The van der Waals surface area contributed by atoms with Crippen molar-refractivity contribution >= 4 is 24.3 Å². The molecule has 0 saturated heterocycles. The average Bonchev–Trinajstić information content (AvgIpc) is 2.88. The van der Waals surface area contributed by atoms with E-state index < -0.39 is 18.1 Å². The second kappa shape index (κ2) is 19.8. The Kier molecular flexibility index (Phi) is 17.4. The van der Waals surface area contributed by atoms with Gasteiger partial charge in [0, 0.05) is 6.42 Å². The molecule has 0 amide bonds. The first-order valence-corrected chi connectivity index (χ1v) is 13.3. The Morgan fingerprint density at radius 2 is 1.25 bits per heavy atom. The van der Waals surface area contributed by atoms with Gasteiger partial charge in [-0.25, -0.2) is 0 Å². The number of carbonyl (C=O) groups is 2. The maximum atomic E-state index is 12.4. The molecule has 0 spiro atoms. The van der Waals surface area contributed by atoms with E-state index in [1.807, 2.05) is 18.2 Å². The quantitative estimate of drug-likeness (QED) is 0.168. The second-order valence-electron chi connectivity index (χ2n) is 9.12. The van der Waals surface area contributed by atoms with E-state index >= 15 is 0 Å². The predicted octanol–water partition coefficient (Wildman–Crippen LogP) is 7.12. The number of unbranched alkanes of at least 4 members (excludes halogenated alkanes) is 9. The molecule has 2 N–H and O–H groups in total. The lowest BCUT2D eigenvalue weighted by molar-refractivity contribution is -0.157. The smallest absolute Gasteiger partial charge is 0.327 e. The number of halogens is 1. The fourth-order valence-corrected chi connectivity index (χ4v) is 4.21.